The number of nitrogens with zero attached hydrogens (tertiary/aromatic N) is 2. The van der Waals surface area contributed by atoms with Crippen molar-refractivity contribution in [2.75, 3.05) is 5.73 Å². The molecule has 0 aliphatic rings. The summed E-state index contributed by atoms with van der Waals surface area (Å²) in [4.78, 5) is 9.21. The number of hydrogen-bond acceptors (Lipinski definition) is 3. The summed E-state index contributed by atoms with van der Waals surface area (Å²) in [6.07, 6.45) is 0. The Morgan fingerprint density at radius 1 is 1.00 bits per heavy atom. The van der Waals surface area contributed by atoms with Gasteiger partial charge in [-0.25, -0.2) is 9.97 Å². The number of nitrogens with two attached hydrogens (primary N) is 1. The lowest BCUT2D eigenvalue weighted by atomic mass is 9.91. The molecule has 0 radical (unpaired) electrons. The van der Waals surface area contributed by atoms with Gasteiger partial charge < -0.3 is 5.73 Å². The number of rotatable bonds is 1. The van der Waals surface area contributed by atoms with Crippen LogP contribution >= 0.6 is 0 Å². The van der Waals surface area contributed by atoms with E-state index in [1.54, 1.807) is 0 Å². The van der Waals surface area contributed by atoms with Gasteiger partial charge in [0.1, 0.15) is 0 Å². The lowest BCUT2D eigenvalue weighted by molar-refractivity contribution is 0.567. The molecule has 100 valence electrons. The van der Waals surface area contributed by atoms with E-state index in [-0.39, 0.29) is 5.41 Å². The first kappa shape index (κ1) is 13.5. The van der Waals surface area contributed by atoms with Crippen LogP contribution in [-0.2, 0) is 5.41 Å². The van der Waals surface area contributed by atoms with Crippen molar-refractivity contribution in [2.24, 2.45) is 0 Å². The fraction of sp³-hybridized carbons (Fsp3) is 0.375. The molecule has 2 N–H and O–H groups in total. The molecule has 2 rings (SSSR count). The Balaban J connectivity index is 2.63. The Morgan fingerprint density at radius 3 is 2.32 bits per heavy atom. The molecular formula is C16H21N3. The zero-order valence-electron chi connectivity index (χ0n) is 12.3. The van der Waals surface area contributed by atoms with Gasteiger partial charge >= 0.3 is 0 Å². The molecule has 1 aromatic heterocycles. The second-order valence-electron chi connectivity index (χ2n) is 6.06. The van der Waals surface area contributed by atoms with Gasteiger partial charge in [-0.15, -0.1) is 0 Å². The lowest BCUT2D eigenvalue weighted by Gasteiger charge is -2.19. The zero-order chi connectivity index (χ0) is 14.2. The maximum Gasteiger partial charge on any atom is 0.161 e. The molecular weight excluding hydrogens is 234 g/mol. The predicted octanol–water partition coefficient (Wildman–Crippen LogP) is 3.64. The quantitative estimate of drug-likeness (QED) is 0.791. The second kappa shape index (κ2) is 4.65. The molecule has 0 bridgehead atoms. The molecule has 0 saturated heterocycles. The van der Waals surface area contributed by atoms with E-state index in [4.69, 9.17) is 5.73 Å². The number of aromatic nitrogens is 2. The van der Waals surface area contributed by atoms with Gasteiger partial charge in [-0.3, -0.25) is 0 Å². The minimum atomic E-state index is 0.00103. The van der Waals surface area contributed by atoms with Crippen LogP contribution in [0.25, 0.3) is 11.4 Å². The first-order valence-electron chi connectivity index (χ1n) is 6.50. The van der Waals surface area contributed by atoms with Crippen molar-refractivity contribution in [3.8, 4) is 11.4 Å². The summed E-state index contributed by atoms with van der Waals surface area (Å²) in [5.41, 5.74) is 10.8. The van der Waals surface area contributed by atoms with Gasteiger partial charge in [-0.05, 0) is 32.0 Å². The first-order chi connectivity index (χ1) is 8.77. The molecule has 0 amide bonds. The molecule has 0 saturated carbocycles. The van der Waals surface area contributed by atoms with Gasteiger partial charge in [0, 0.05) is 22.4 Å². The van der Waals surface area contributed by atoms with Crippen molar-refractivity contribution in [2.45, 2.75) is 40.0 Å². The van der Waals surface area contributed by atoms with Crippen LogP contribution in [0.4, 0.5) is 5.69 Å². The molecule has 1 aromatic carbocycles. The van der Waals surface area contributed by atoms with E-state index in [2.05, 4.69) is 30.7 Å². The third-order valence-electron chi connectivity index (χ3n) is 3.07. The van der Waals surface area contributed by atoms with Crippen molar-refractivity contribution in [1.29, 1.82) is 0 Å². The fourth-order valence-electron chi connectivity index (χ4n) is 1.94. The van der Waals surface area contributed by atoms with Gasteiger partial charge in [0.25, 0.3) is 0 Å². The molecule has 0 unspecified atom stereocenters. The SMILES string of the molecule is Cc1ccc(N)c(-c2nc(C)cc(C(C)(C)C)n2)c1. The number of nitrogen functional groups attached to an aromatic ring is 1. The summed E-state index contributed by atoms with van der Waals surface area (Å²) >= 11 is 0. The number of hydrogen-bond donors (Lipinski definition) is 1. The van der Waals surface area contributed by atoms with Crippen LogP contribution < -0.4 is 5.73 Å². The van der Waals surface area contributed by atoms with E-state index in [0.717, 1.165) is 28.2 Å². The van der Waals surface area contributed by atoms with Crippen LogP contribution in [0.1, 0.15) is 37.7 Å². The highest BCUT2D eigenvalue weighted by atomic mass is 14.9. The van der Waals surface area contributed by atoms with E-state index >= 15 is 0 Å². The third kappa shape index (κ3) is 2.92. The third-order valence-corrected chi connectivity index (χ3v) is 3.07. The Morgan fingerprint density at radius 2 is 1.68 bits per heavy atom. The molecule has 0 aliphatic heterocycles. The van der Waals surface area contributed by atoms with Crippen LogP contribution in [0.15, 0.2) is 24.3 Å². The summed E-state index contributed by atoms with van der Waals surface area (Å²) in [7, 11) is 0. The normalized spacial score (nSPS) is 11.6. The fourth-order valence-corrected chi connectivity index (χ4v) is 1.94. The molecule has 0 fully saturated rings. The molecule has 0 aliphatic carbocycles. The number of aryl methyl sites for hydroxylation is 2. The van der Waals surface area contributed by atoms with E-state index < -0.39 is 0 Å². The summed E-state index contributed by atoms with van der Waals surface area (Å²) < 4.78 is 0. The van der Waals surface area contributed by atoms with Crippen LogP contribution in [0, 0.1) is 13.8 Å². The highest BCUT2D eigenvalue weighted by Crippen LogP contribution is 2.27. The molecule has 19 heavy (non-hydrogen) atoms. The molecule has 1 heterocycles. The van der Waals surface area contributed by atoms with Gasteiger partial charge in [0.15, 0.2) is 5.82 Å². The number of benzene rings is 1. The maximum absolute atomic E-state index is 6.05. The van der Waals surface area contributed by atoms with Gasteiger partial charge in [0.2, 0.25) is 0 Å². The van der Waals surface area contributed by atoms with Gasteiger partial charge in [-0.1, -0.05) is 32.4 Å². The highest BCUT2D eigenvalue weighted by Gasteiger charge is 2.18. The first-order valence-corrected chi connectivity index (χ1v) is 6.50. The van der Waals surface area contributed by atoms with E-state index in [0.29, 0.717) is 5.82 Å². The number of anilines is 1. The zero-order valence-corrected chi connectivity index (χ0v) is 12.3. The minimum absolute atomic E-state index is 0.00103. The van der Waals surface area contributed by atoms with Crippen LogP contribution in [-0.4, -0.2) is 9.97 Å². The van der Waals surface area contributed by atoms with Crippen molar-refractivity contribution >= 4 is 5.69 Å². The second-order valence-corrected chi connectivity index (χ2v) is 6.06. The van der Waals surface area contributed by atoms with Gasteiger partial charge in [0.05, 0.1) is 5.69 Å². The smallest absolute Gasteiger partial charge is 0.161 e. The summed E-state index contributed by atoms with van der Waals surface area (Å²) in [5.74, 6) is 0.714. The molecule has 0 atom stereocenters. The highest BCUT2D eigenvalue weighted by molar-refractivity contribution is 5.72. The topological polar surface area (TPSA) is 51.8 Å². The largest absolute Gasteiger partial charge is 0.398 e. The van der Waals surface area contributed by atoms with E-state index in [1.807, 2.05) is 38.1 Å². The molecule has 2 aromatic rings. The van der Waals surface area contributed by atoms with Crippen molar-refractivity contribution in [3.63, 3.8) is 0 Å². The Labute approximate surface area is 114 Å². The predicted molar refractivity (Wildman–Crippen MR) is 80.1 cm³/mol. The van der Waals surface area contributed by atoms with Crippen LogP contribution in [0.2, 0.25) is 0 Å². The van der Waals surface area contributed by atoms with Crippen molar-refractivity contribution in [3.05, 3.63) is 41.2 Å². The van der Waals surface area contributed by atoms with E-state index in [9.17, 15) is 0 Å². The summed E-state index contributed by atoms with van der Waals surface area (Å²) in [5, 5.41) is 0. The average molecular weight is 255 g/mol. The van der Waals surface area contributed by atoms with Crippen molar-refractivity contribution < 1.29 is 0 Å². The Kier molecular flexibility index (Phi) is 3.31. The Bertz CT molecular complexity index is 610. The van der Waals surface area contributed by atoms with E-state index in [1.165, 1.54) is 0 Å². The van der Waals surface area contributed by atoms with Crippen LogP contribution in [0.3, 0.4) is 0 Å². The maximum atomic E-state index is 6.05. The summed E-state index contributed by atoms with van der Waals surface area (Å²) in [6.45, 7) is 10.5. The molecule has 0 spiro atoms. The average Bonchev–Trinajstić information content (AvgIpc) is 2.30. The lowest BCUT2D eigenvalue weighted by Crippen LogP contribution is -2.15. The monoisotopic (exact) mass is 255 g/mol. The molecule has 3 nitrogen and oxygen atoms in total. The van der Waals surface area contributed by atoms with Gasteiger partial charge in [-0.2, -0.15) is 0 Å². The minimum Gasteiger partial charge on any atom is -0.398 e. The molecule has 3 heteroatoms. The van der Waals surface area contributed by atoms with Crippen molar-refractivity contribution in [1.82, 2.24) is 9.97 Å². The van der Waals surface area contributed by atoms with Crippen LogP contribution in [0.5, 0.6) is 0 Å². The standard InChI is InChI=1S/C16H21N3/c1-10-6-7-13(17)12(8-10)15-18-11(2)9-14(19-15)16(3,4)5/h6-9H,17H2,1-5H3. The Hall–Kier alpha value is -1.90. The summed E-state index contributed by atoms with van der Waals surface area (Å²) in [6, 6.07) is 7.98.